The van der Waals surface area contributed by atoms with Crippen molar-refractivity contribution in [1.29, 1.82) is 0 Å². The number of fused-ring (bicyclic) bond motifs is 1. The average Bonchev–Trinajstić information content (AvgIpc) is 3.55. The number of rotatable bonds is 7. The average molecular weight is 405 g/mol. The molecule has 1 aromatic heterocycles. The lowest BCUT2D eigenvalue weighted by Crippen LogP contribution is -2.27. The number of carbonyl (C=O) groups excluding carboxylic acids is 1. The van der Waals surface area contributed by atoms with Gasteiger partial charge in [0.25, 0.3) is 5.91 Å². The third kappa shape index (κ3) is 4.65. The fraction of sp³-hybridized carbons (Fsp3) is 0.273. The summed E-state index contributed by atoms with van der Waals surface area (Å²) in [5.74, 6) is 0.411. The Hall–Kier alpha value is -3.68. The van der Waals surface area contributed by atoms with Gasteiger partial charge in [-0.15, -0.1) is 0 Å². The molecule has 0 radical (unpaired) electrons. The summed E-state index contributed by atoms with van der Waals surface area (Å²) in [5, 5.41) is 17.8. The van der Waals surface area contributed by atoms with Crippen LogP contribution < -0.4 is 16.0 Å². The maximum absolute atomic E-state index is 12.4. The maximum Gasteiger partial charge on any atom is 0.404 e. The number of nitrogens with zero attached hydrogens (tertiary/aromatic N) is 2. The van der Waals surface area contributed by atoms with E-state index in [1.54, 1.807) is 6.20 Å². The van der Waals surface area contributed by atoms with Gasteiger partial charge in [-0.3, -0.25) is 4.79 Å². The lowest BCUT2D eigenvalue weighted by molar-refractivity contribution is 0.0951. The largest absolute Gasteiger partial charge is 0.465 e. The maximum atomic E-state index is 12.4. The second kappa shape index (κ2) is 8.36. The molecule has 1 aliphatic carbocycles. The molecule has 0 spiro atoms. The minimum Gasteiger partial charge on any atom is -0.465 e. The van der Waals surface area contributed by atoms with Gasteiger partial charge in [0.2, 0.25) is 5.95 Å². The van der Waals surface area contributed by atoms with Crippen molar-refractivity contribution in [3.63, 3.8) is 0 Å². The minimum absolute atomic E-state index is 0.0315. The highest BCUT2D eigenvalue weighted by Gasteiger charge is 2.24. The van der Waals surface area contributed by atoms with E-state index < -0.39 is 6.09 Å². The number of aromatic nitrogens is 2. The molecular weight excluding hydrogens is 382 g/mol. The van der Waals surface area contributed by atoms with Crippen LogP contribution >= 0.6 is 0 Å². The van der Waals surface area contributed by atoms with Crippen molar-refractivity contribution in [3.8, 4) is 11.1 Å². The molecule has 2 amide bonds. The molecule has 30 heavy (non-hydrogen) atoms. The quantitative estimate of drug-likeness (QED) is 0.449. The molecule has 1 aliphatic rings. The van der Waals surface area contributed by atoms with E-state index in [2.05, 4.69) is 25.9 Å². The van der Waals surface area contributed by atoms with E-state index in [0.717, 1.165) is 40.4 Å². The first-order chi connectivity index (χ1) is 14.5. The zero-order valence-corrected chi connectivity index (χ0v) is 16.6. The molecule has 1 fully saturated rings. The van der Waals surface area contributed by atoms with Crippen molar-refractivity contribution in [2.45, 2.75) is 25.8 Å². The van der Waals surface area contributed by atoms with Gasteiger partial charge in [-0.1, -0.05) is 12.1 Å². The number of hydrogen-bond donors (Lipinski definition) is 4. The second-order valence-electron chi connectivity index (χ2n) is 7.40. The van der Waals surface area contributed by atoms with Crippen LogP contribution in [0.2, 0.25) is 0 Å². The standard InChI is InChI=1S/C22H23N5O3/c1-13-2-3-15(20(28)26-17-5-6-17)11-18(13)14-4-7-19-16(10-14)12-25-21(27-19)23-8-9-24-22(29)30/h2-4,7,10-12,17,24H,5-6,8-9H2,1H3,(H,26,28)(H,29,30)(H,23,25,27). The van der Waals surface area contributed by atoms with Gasteiger partial charge in [-0.05, 0) is 60.7 Å². The van der Waals surface area contributed by atoms with Gasteiger partial charge < -0.3 is 21.1 Å². The molecule has 8 nitrogen and oxygen atoms in total. The van der Waals surface area contributed by atoms with Crippen LogP contribution in [0.1, 0.15) is 28.8 Å². The summed E-state index contributed by atoms with van der Waals surface area (Å²) in [6.45, 7) is 2.68. The van der Waals surface area contributed by atoms with Crippen LogP contribution in [-0.2, 0) is 0 Å². The fourth-order valence-electron chi connectivity index (χ4n) is 3.20. The van der Waals surface area contributed by atoms with E-state index in [1.165, 1.54) is 0 Å². The number of carboxylic acid groups (broad SMARTS) is 1. The molecule has 4 rings (SSSR count). The van der Waals surface area contributed by atoms with Crippen molar-refractivity contribution in [1.82, 2.24) is 20.6 Å². The first-order valence-corrected chi connectivity index (χ1v) is 9.89. The Bertz CT molecular complexity index is 1110. The number of carbonyl (C=O) groups is 2. The molecule has 3 aromatic rings. The first-order valence-electron chi connectivity index (χ1n) is 9.89. The zero-order valence-electron chi connectivity index (χ0n) is 16.6. The Kier molecular flexibility index (Phi) is 5.47. The lowest BCUT2D eigenvalue weighted by Gasteiger charge is -2.11. The Morgan fingerprint density at radius 2 is 1.97 bits per heavy atom. The van der Waals surface area contributed by atoms with Gasteiger partial charge in [-0.2, -0.15) is 0 Å². The topological polar surface area (TPSA) is 116 Å². The van der Waals surface area contributed by atoms with Crippen LogP contribution in [0.5, 0.6) is 0 Å². The normalized spacial score (nSPS) is 13.1. The molecule has 0 aliphatic heterocycles. The Balaban J connectivity index is 1.53. The molecular formula is C22H23N5O3. The predicted octanol–water partition coefficient (Wildman–Crippen LogP) is 3.18. The van der Waals surface area contributed by atoms with Crippen LogP contribution in [0.15, 0.2) is 42.6 Å². The van der Waals surface area contributed by atoms with Gasteiger partial charge in [0.15, 0.2) is 0 Å². The number of anilines is 1. The van der Waals surface area contributed by atoms with Crippen molar-refractivity contribution in [2.75, 3.05) is 18.4 Å². The van der Waals surface area contributed by atoms with Gasteiger partial charge in [0.1, 0.15) is 0 Å². The smallest absolute Gasteiger partial charge is 0.404 e. The summed E-state index contributed by atoms with van der Waals surface area (Å²) < 4.78 is 0. The van der Waals surface area contributed by atoms with E-state index in [1.807, 2.05) is 43.3 Å². The van der Waals surface area contributed by atoms with Crippen molar-refractivity contribution >= 4 is 28.9 Å². The molecule has 1 saturated carbocycles. The molecule has 154 valence electrons. The van der Waals surface area contributed by atoms with E-state index in [4.69, 9.17) is 5.11 Å². The molecule has 0 atom stereocenters. The van der Waals surface area contributed by atoms with Crippen molar-refractivity contribution < 1.29 is 14.7 Å². The van der Waals surface area contributed by atoms with Gasteiger partial charge in [-0.25, -0.2) is 14.8 Å². The number of benzene rings is 2. The highest BCUT2D eigenvalue weighted by Crippen LogP contribution is 2.28. The van der Waals surface area contributed by atoms with Crippen LogP contribution in [0.3, 0.4) is 0 Å². The fourth-order valence-corrected chi connectivity index (χ4v) is 3.20. The summed E-state index contributed by atoms with van der Waals surface area (Å²) in [6.07, 6.45) is 2.79. The summed E-state index contributed by atoms with van der Waals surface area (Å²) in [4.78, 5) is 31.7. The summed E-state index contributed by atoms with van der Waals surface area (Å²) >= 11 is 0. The van der Waals surface area contributed by atoms with Crippen LogP contribution in [0.4, 0.5) is 10.7 Å². The molecule has 4 N–H and O–H groups in total. The van der Waals surface area contributed by atoms with E-state index in [9.17, 15) is 9.59 Å². The predicted molar refractivity (Wildman–Crippen MR) is 115 cm³/mol. The van der Waals surface area contributed by atoms with Crippen LogP contribution in [0, 0.1) is 6.92 Å². The minimum atomic E-state index is -1.06. The number of nitrogens with one attached hydrogen (secondary N) is 3. The van der Waals surface area contributed by atoms with Crippen LogP contribution in [-0.4, -0.2) is 46.2 Å². The van der Waals surface area contributed by atoms with Gasteiger partial charge in [0, 0.05) is 36.3 Å². The number of amides is 2. The van der Waals surface area contributed by atoms with Crippen LogP contribution in [0.25, 0.3) is 22.0 Å². The monoisotopic (exact) mass is 405 g/mol. The molecule has 0 saturated heterocycles. The van der Waals surface area contributed by atoms with E-state index >= 15 is 0 Å². The molecule has 2 aromatic carbocycles. The summed E-state index contributed by atoms with van der Waals surface area (Å²) in [5.41, 5.74) is 4.52. The van der Waals surface area contributed by atoms with E-state index in [0.29, 0.717) is 24.1 Å². The second-order valence-corrected chi connectivity index (χ2v) is 7.40. The molecule has 1 heterocycles. The number of aryl methyl sites for hydroxylation is 1. The molecule has 0 unspecified atom stereocenters. The SMILES string of the molecule is Cc1ccc(C(=O)NC2CC2)cc1-c1ccc2nc(NCCNC(=O)O)ncc2c1. The molecule has 8 heteroatoms. The zero-order chi connectivity index (χ0) is 21.1. The van der Waals surface area contributed by atoms with E-state index in [-0.39, 0.29) is 12.5 Å². The Morgan fingerprint density at radius 3 is 2.73 bits per heavy atom. The Morgan fingerprint density at radius 1 is 1.13 bits per heavy atom. The lowest BCUT2D eigenvalue weighted by atomic mass is 9.97. The van der Waals surface area contributed by atoms with Crippen molar-refractivity contribution in [2.24, 2.45) is 0 Å². The first kappa shape index (κ1) is 19.6. The summed E-state index contributed by atoms with van der Waals surface area (Å²) in [7, 11) is 0. The molecule has 0 bridgehead atoms. The Labute approximate surface area is 173 Å². The highest BCUT2D eigenvalue weighted by atomic mass is 16.4. The summed E-state index contributed by atoms with van der Waals surface area (Å²) in [6, 6.07) is 12.0. The van der Waals surface area contributed by atoms with Gasteiger partial charge >= 0.3 is 6.09 Å². The highest BCUT2D eigenvalue weighted by molar-refractivity contribution is 5.96. The third-order valence-electron chi connectivity index (χ3n) is 4.99. The van der Waals surface area contributed by atoms with Gasteiger partial charge in [0.05, 0.1) is 5.52 Å². The van der Waals surface area contributed by atoms with Crippen molar-refractivity contribution in [3.05, 3.63) is 53.7 Å². The third-order valence-corrected chi connectivity index (χ3v) is 4.99. The number of hydrogen-bond acceptors (Lipinski definition) is 5.